The smallest absolute Gasteiger partial charge is 0.293 e. The van der Waals surface area contributed by atoms with Crippen molar-refractivity contribution in [1.29, 1.82) is 0 Å². The first-order valence-electron chi connectivity index (χ1n) is 6.97. The molecule has 1 heterocycles. The number of rotatable bonds is 4. The van der Waals surface area contributed by atoms with E-state index in [-0.39, 0.29) is 11.1 Å². The van der Waals surface area contributed by atoms with Crippen molar-refractivity contribution in [2.75, 3.05) is 11.9 Å². The molecule has 0 bridgehead atoms. The number of nitrogens with zero attached hydrogens (tertiary/aromatic N) is 3. The van der Waals surface area contributed by atoms with E-state index >= 15 is 0 Å². The molecule has 0 spiro atoms. The highest BCUT2D eigenvalue weighted by Gasteiger charge is 2.20. The number of nitro groups is 1. The fourth-order valence-corrected chi connectivity index (χ4v) is 2.49. The Morgan fingerprint density at radius 1 is 1.26 bits per heavy atom. The van der Waals surface area contributed by atoms with Crippen molar-refractivity contribution in [3.05, 3.63) is 74.8 Å². The Labute approximate surface area is 131 Å². The number of aromatic nitrogens is 2. The number of benzene rings is 2. The molecule has 0 fully saturated rings. The Kier molecular flexibility index (Phi) is 3.76. The molecule has 0 saturated carbocycles. The van der Waals surface area contributed by atoms with Gasteiger partial charge in [0.05, 0.1) is 22.2 Å². The highest BCUT2D eigenvalue weighted by Crippen LogP contribution is 2.31. The Morgan fingerprint density at radius 2 is 2.00 bits per heavy atom. The van der Waals surface area contributed by atoms with Crippen molar-refractivity contribution >= 4 is 22.3 Å². The van der Waals surface area contributed by atoms with Gasteiger partial charge in [-0.05, 0) is 11.6 Å². The van der Waals surface area contributed by atoms with E-state index in [1.165, 1.54) is 12.4 Å². The minimum Gasteiger partial charge on any atom is -0.365 e. The minimum absolute atomic E-state index is 0.116. The van der Waals surface area contributed by atoms with Crippen molar-refractivity contribution in [3.8, 4) is 0 Å². The third kappa shape index (κ3) is 2.89. The second-order valence-corrected chi connectivity index (χ2v) is 5.19. The van der Waals surface area contributed by atoms with E-state index < -0.39 is 10.5 Å². The Hall–Kier alpha value is -3.22. The zero-order valence-electron chi connectivity index (χ0n) is 12.4. The summed E-state index contributed by atoms with van der Waals surface area (Å²) in [7, 11) is 1.77. The normalized spacial score (nSPS) is 10.7. The molecule has 3 rings (SSSR count). The highest BCUT2D eigenvalue weighted by molar-refractivity contribution is 5.86. The quantitative estimate of drug-likeness (QED) is 0.590. The zero-order chi connectivity index (χ0) is 16.4. The van der Waals surface area contributed by atoms with E-state index in [4.69, 9.17) is 0 Å². The maximum absolute atomic E-state index is 11.8. The van der Waals surface area contributed by atoms with Crippen LogP contribution >= 0.6 is 0 Å². The third-order valence-electron chi connectivity index (χ3n) is 3.61. The Morgan fingerprint density at radius 3 is 2.70 bits per heavy atom. The molecule has 7 nitrogen and oxygen atoms in total. The van der Waals surface area contributed by atoms with Gasteiger partial charge in [0.2, 0.25) is 0 Å². The summed E-state index contributed by atoms with van der Waals surface area (Å²) in [6.45, 7) is 0.510. The first-order chi connectivity index (χ1) is 11.1. The lowest BCUT2D eigenvalue weighted by Crippen LogP contribution is -2.18. The maximum Gasteiger partial charge on any atom is 0.293 e. The fourth-order valence-electron chi connectivity index (χ4n) is 2.49. The molecule has 0 radical (unpaired) electrons. The molecular formula is C16H14N4O3. The van der Waals surface area contributed by atoms with Gasteiger partial charge in [0.25, 0.3) is 11.2 Å². The summed E-state index contributed by atoms with van der Waals surface area (Å²) in [5.74, 6) is 0. The number of nitro benzene ring substituents is 1. The summed E-state index contributed by atoms with van der Waals surface area (Å²) >= 11 is 0. The molecule has 2 aromatic carbocycles. The van der Waals surface area contributed by atoms with Crippen LogP contribution < -0.4 is 10.5 Å². The zero-order valence-corrected chi connectivity index (χ0v) is 12.4. The van der Waals surface area contributed by atoms with Gasteiger partial charge in [-0.15, -0.1) is 0 Å². The van der Waals surface area contributed by atoms with Gasteiger partial charge in [-0.25, -0.2) is 4.98 Å². The van der Waals surface area contributed by atoms with Crippen LogP contribution in [0.15, 0.2) is 53.6 Å². The third-order valence-corrected chi connectivity index (χ3v) is 3.61. The van der Waals surface area contributed by atoms with E-state index in [2.05, 4.69) is 9.97 Å². The first kappa shape index (κ1) is 14.7. The predicted molar refractivity (Wildman–Crippen MR) is 87.6 cm³/mol. The molecule has 3 aromatic rings. The molecule has 7 heteroatoms. The molecule has 23 heavy (non-hydrogen) atoms. The van der Waals surface area contributed by atoms with Crippen LogP contribution in [0.3, 0.4) is 0 Å². The average molecular weight is 310 g/mol. The number of nitrogens with one attached hydrogen (secondary N) is 1. The molecule has 0 amide bonds. The summed E-state index contributed by atoms with van der Waals surface area (Å²) in [6, 6.07) is 12.5. The topological polar surface area (TPSA) is 92.1 Å². The first-order valence-corrected chi connectivity index (χ1v) is 6.97. The molecule has 0 saturated heterocycles. The molecule has 1 N–H and O–H groups in total. The van der Waals surface area contributed by atoms with Crippen LogP contribution in [-0.4, -0.2) is 21.9 Å². The van der Waals surface area contributed by atoms with Gasteiger partial charge in [0.1, 0.15) is 5.69 Å². The highest BCUT2D eigenvalue weighted by atomic mass is 16.6. The monoisotopic (exact) mass is 310 g/mol. The van der Waals surface area contributed by atoms with Gasteiger partial charge in [-0.3, -0.25) is 14.9 Å². The SMILES string of the molecule is CN(Cc1ccccc1)c1cc2nc[nH]c(=O)c2cc1[N+](=O)[O-]. The molecule has 0 aliphatic heterocycles. The molecule has 0 unspecified atom stereocenters. The van der Waals surface area contributed by atoms with Crippen LogP contribution in [0.5, 0.6) is 0 Å². The number of hydrogen-bond acceptors (Lipinski definition) is 5. The molecule has 0 aliphatic carbocycles. The largest absolute Gasteiger partial charge is 0.365 e. The summed E-state index contributed by atoms with van der Waals surface area (Å²) in [6.07, 6.45) is 1.29. The molecule has 0 atom stereocenters. The van der Waals surface area contributed by atoms with Crippen LogP contribution in [0.25, 0.3) is 10.9 Å². The van der Waals surface area contributed by atoms with Gasteiger partial charge in [-0.2, -0.15) is 0 Å². The summed E-state index contributed by atoms with van der Waals surface area (Å²) in [4.78, 5) is 31.0. The molecule has 1 aromatic heterocycles. The number of fused-ring (bicyclic) bond motifs is 1. The van der Waals surface area contributed by atoms with Crippen molar-refractivity contribution in [2.45, 2.75) is 6.54 Å². The molecule has 0 aliphatic rings. The van der Waals surface area contributed by atoms with Crippen LogP contribution in [0.1, 0.15) is 5.56 Å². The van der Waals surface area contributed by atoms with Crippen molar-refractivity contribution in [2.24, 2.45) is 0 Å². The molecule has 116 valence electrons. The Balaban J connectivity index is 2.10. The van der Waals surface area contributed by atoms with Crippen molar-refractivity contribution < 1.29 is 4.92 Å². The Bertz CT molecular complexity index is 922. The average Bonchev–Trinajstić information content (AvgIpc) is 2.55. The second kappa shape index (κ2) is 5.88. The van der Waals surface area contributed by atoms with Crippen LogP contribution in [0.4, 0.5) is 11.4 Å². The predicted octanol–water partition coefficient (Wildman–Crippen LogP) is 2.47. The summed E-state index contributed by atoms with van der Waals surface area (Å²) < 4.78 is 0. The standard InChI is InChI=1S/C16H14N4O3/c1-19(9-11-5-3-2-4-6-11)14-8-13-12(7-15(14)20(22)23)16(21)18-10-17-13/h2-8,10H,9H2,1H3,(H,17,18,21). The number of anilines is 1. The van der Waals surface area contributed by atoms with Crippen molar-refractivity contribution in [3.63, 3.8) is 0 Å². The van der Waals surface area contributed by atoms with E-state index in [1.54, 1.807) is 18.0 Å². The van der Waals surface area contributed by atoms with Gasteiger partial charge >= 0.3 is 0 Å². The molecular weight excluding hydrogens is 296 g/mol. The number of hydrogen-bond donors (Lipinski definition) is 1. The van der Waals surface area contributed by atoms with E-state index in [1.807, 2.05) is 30.3 Å². The van der Waals surface area contributed by atoms with Gasteiger partial charge < -0.3 is 9.88 Å². The van der Waals surface area contributed by atoms with Crippen molar-refractivity contribution in [1.82, 2.24) is 9.97 Å². The fraction of sp³-hybridized carbons (Fsp3) is 0.125. The van der Waals surface area contributed by atoms with Crippen LogP contribution in [0, 0.1) is 10.1 Å². The van der Waals surface area contributed by atoms with E-state index in [0.29, 0.717) is 17.7 Å². The maximum atomic E-state index is 11.8. The van der Waals surface area contributed by atoms with Crippen LogP contribution in [-0.2, 0) is 6.54 Å². The van der Waals surface area contributed by atoms with E-state index in [0.717, 1.165) is 5.56 Å². The van der Waals surface area contributed by atoms with Crippen LogP contribution in [0.2, 0.25) is 0 Å². The van der Waals surface area contributed by atoms with E-state index in [9.17, 15) is 14.9 Å². The lowest BCUT2D eigenvalue weighted by atomic mass is 10.1. The second-order valence-electron chi connectivity index (χ2n) is 5.19. The minimum atomic E-state index is -0.483. The summed E-state index contributed by atoms with van der Waals surface area (Å²) in [5.41, 5.74) is 1.37. The van der Waals surface area contributed by atoms with Gasteiger partial charge in [-0.1, -0.05) is 30.3 Å². The van der Waals surface area contributed by atoms with Gasteiger partial charge in [0.15, 0.2) is 0 Å². The lowest BCUT2D eigenvalue weighted by Gasteiger charge is -2.19. The lowest BCUT2D eigenvalue weighted by molar-refractivity contribution is -0.384. The van der Waals surface area contributed by atoms with Gasteiger partial charge in [0, 0.05) is 19.7 Å². The number of H-pyrrole nitrogens is 1. The number of aromatic amines is 1. The summed E-state index contributed by atoms with van der Waals surface area (Å²) in [5, 5.41) is 11.6.